The van der Waals surface area contributed by atoms with Gasteiger partial charge in [0.05, 0.1) is 12.2 Å². The van der Waals surface area contributed by atoms with Crippen LogP contribution in [-0.2, 0) is 23.9 Å². The maximum absolute atomic E-state index is 11.9. The van der Waals surface area contributed by atoms with E-state index >= 15 is 0 Å². The number of hydrogen-bond donors (Lipinski definition) is 1. The molecule has 1 aromatic rings. The molecule has 2 aliphatic heterocycles. The number of ether oxygens (including phenoxy) is 2. The van der Waals surface area contributed by atoms with Crippen LogP contribution in [0.15, 0.2) is 23.4 Å². The third-order valence-corrected chi connectivity index (χ3v) is 4.42. The lowest BCUT2D eigenvalue weighted by Crippen LogP contribution is -2.36. The summed E-state index contributed by atoms with van der Waals surface area (Å²) < 4.78 is 38.1. The third-order valence-electron chi connectivity index (χ3n) is 3.85. The zero-order valence-corrected chi connectivity index (χ0v) is 16.3. The Morgan fingerprint density at radius 1 is 1.37 bits per heavy atom. The van der Waals surface area contributed by atoms with E-state index < -0.39 is 27.9 Å². The Morgan fingerprint density at radius 3 is 2.78 bits per heavy atom. The highest BCUT2D eigenvalue weighted by molar-refractivity contribution is 7.85. The summed E-state index contributed by atoms with van der Waals surface area (Å²) in [7, 11) is -3.56. The summed E-state index contributed by atoms with van der Waals surface area (Å²) in [4.78, 5) is 17.2. The fraction of sp³-hybridized carbons (Fsp3) is 0.529. The van der Waals surface area contributed by atoms with E-state index in [9.17, 15) is 13.2 Å². The first-order chi connectivity index (χ1) is 12.5. The molecule has 2 heterocycles. The third kappa shape index (κ3) is 4.89. The van der Waals surface area contributed by atoms with Crippen LogP contribution in [0.5, 0.6) is 5.75 Å². The Kier molecular flexibility index (Phi) is 5.04. The molecule has 0 fully saturated rings. The number of hydrogen-bond acceptors (Lipinski definition) is 8. The van der Waals surface area contributed by atoms with Gasteiger partial charge >= 0.3 is 6.09 Å². The molecule has 10 heteroatoms. The predicted octanol–water partition coefficient (Wildman–Crippen LogP) is 2.12. The summed E-state index contributed by atoms with van der Waals surface area (Å²) in [6, 6.07) is 5.14. The van der Waals surface area contributed by atoms with Crippen molar-refractivity contribution in [2.75, 3.05) is 24.8 Å². The van der Waals surface area contributed by atoms with Crippen molar-refractivity contribution in [3.8, 4) is 5.75 Å². The second kappa shape index (κ2) is 7.01. The molecule has 0 bridgehead atoms. The fourth-order valence-corrected chi connectivity index (χ4v) is 3.13. The van der Waals surface area contributed by atoms with Crippen LogP contribution in [0.25, 0.3) is 0 Å². The summed E-state index contributed by atoms with van der Waals surface area (Å²) in [5.74, 6) is 0.316. The Balaban J connectivity index is 1.69. The minimum atomic E-state index is -3.56. The van der Waals surface area contributed by atoms with Crippen molar-refractivity contribution in [2.45, 2.75) is 32.5 Å². The number of amides is 1. The minimum absolute atomic E-state index is 0.131. The van der Waals surface area contributed by atoms with E-state index in [0.29, 0.717) is 17.1 Å². The van der Waals surface area contributed by atoms with Gasteiger partial charge < -0.3 is 14.3 Å². The molecular formula is C17H22N2O7S. The molecule has 148 valence electrons. The van der Waals surface area contributed by atoms with Gasteiger partial charge in [0.2, 0.25) is 0 Å². The van der Waals surface area contributed by atoms with Crippen LogP contribution in [0.2, 0.25) is 0 Å². The Labute approximate surface area is 157 Å². The van der Waals surface area contributed by atoms with Gasteiger partial charge in [-0.05, 0) is 32.9 Å². The normalized spacial score (nSPS) is 21.3. The molecule has 1 N–H and O–H groups in total. The van der Waals surface area contributed by atoms with Crippen LogP contribution in [0.1, 0.15) is 26.3 Å². The quantitative estimate of drug-likeness (QED) is 0.773. The van der Waals surface area contributed by atoms with Crippen molar-refractivity contribution >= 4 is 27.6 Å². The van der Waals surface area contributed by atoms with Gasteiger partial charge in [-0.3, -0.25) is 9.50 Å². The number of anilines is 1. The van der Waals surface area contributed by atoms with Crippen molar-refractivity contribution < 1.29 is 31.7 Å². The van der Waals surface area contributed by atoms with E-state index in [1.54, 1.807) is 39.0 Å². The lowest BCUT2D eigenvalue weighted by atomic mass is 9.90. The van der Waals surface area contributed by atoms with Crippen LogP contribution in [0.4, 0.5) is 10.5 Å². The number of nitrogens with one attached hydrogen (secondary N) is 1. The SMILES string of the molecule is CC(C)(C)OC(=O)Nc1ccc2c(c1)OCC1C2=NOC1COS(C)(=O)=O. The molecule has 1 aromatic carbocycles. The van der Waals surface area contributed by atoms with E-state index in [4.69, 9.17) is 18.5 Å². The van der Waals surface area contributed by atoms with E-state index in [0.717, 1.165) is 11.8 Å². The standard InChI is InChI=1S/C17H22N2O7S/c1-17(2,3)25-16(20)18-10-5-6-11-13(7-10)23-8-12-14(26-19-15(11)12)9-24-27(4,21)22/h5-7,12,14H,8-9H2,1-4H3,(H,18,20). The van der Waals surface area contributed by atoms with Crippen molar-refractivity contribution in [3.63, 3.8) is 0 Å². The highest BCUT2D eigenvalue weighted by Crippen LogP contribution is 2.35. The first kappa shape index (κ1) is 19.4. The first-order valence-electron chi connectivity index (χ1n) is 8.37. The molecule has 0 saturated heterocycles. The molecule has 27 heavy (non-hydrogen) atoms. The number of nitrogens with zero attached hydrogens (tertiary/aromatic N) is 1. The van der Waals surface area contributed by atoms with Crippen LogP contribution < -0.4 is 10.1 Å². The van der Waals surface area contributed by atoms with E-state index in [1.165, 1.54) is 0 Å². The summed E-state index contributed by atoms with van der Waals surface area (Å²) >= 11 is 0. The van der Waals surface area contributed by atoms with E-state index in [2.05, 4.69) is 10.5 Å². The monoisotopic (exact) mass is 398 g/mol. The molecule has 2 aliphatic rings. The van der Waals surface area contributed by atoms with Gasteiger partial charge in [-0.15, -0.1) is 0 Å². The largest absolute Gasteiger partial charge is 0.492 e. The molecule has 2 atom stereocenters. The molecule has 2 unspecified atom stereocenters. The molecular weight excluding hydrogens is 376 g/mol. The molecule has 1 amide bonds. The van der Waals surface area contributed by atoms with Crippen molar-refractivity contribution in [2.24, 2.45) is 11.1 Å². The predicted molar refractivity (Wildman–Crippen MR) is 97.5 cm³/mol. The second-order valence-electron chi connectivity index (χ2n) is 7.36. The fourth-order valence-electron chi connectivity index (χ4n) is 2.75. The molecule has 3 rings (SSSR count). The van der Waals surface area contributed by atoms with Gasteiger partial charge in [0.15, 0.2) is 6.10 Å². The van der Waals surface area contributed by atoms with Gasteiger partial charge in [0, 0.05) is 17.3 Å². The Morgan fingerprint density at radius 2 is 2.11 bits per heavy atom. The smallest absolute Gasteiger partial charge is 0.412 e. The molecule has 0 aromatic heterocycles. The lowest BCUT2D eigenvalue weighted by molar-refractivity contribution is 0.0175. The lowest BCUT2D eigenvalue weighted by Gasteiger charge is -2.25. The van der Waals surface area contributed by atoms with Crippen molar-refractivity contribution in [1.29, 1.82) is 0 Å². The maximum atomic E-state index is 11.9. The van der Waals surface area contributed by atoms with Crippen LogP contribution in [0, 0.1) is 5.92 Å². The highest BCUT2D eigenvalue weighted by Gasteiger charge is 2.40. The van der Waals surface area contributed by atoms with Gasteiger partial charge in [-0.1, -0.05) is 5.16 Å². The number of rotatable bonds is 4. The molecule has 9 nitrogen and oxygen atoms in total. The topological polar surface area (TPSA) is 113 Å². The maximum Gasteiger partial charge on any atom is 0.412 e. The minimum Gasteiger partial charge on any atom is -0.492 e. The molecule has 0 spiro atoms. The van der Waals surface area contributed by atoms with E-state index in [1.807, 2.05) is 0 Å². The van der Waals surface area contributed by atoms with Crippen molar-refractivity contribution in [1.82, 2.24) is 0 Å². The Hall–Kier alpha value is -2.33. The molecule has 0 aliphatic carbocycles. The second-order valence-corrected chi connectivity index (χ2v) is 9.01. The summed E-state index contributed by atoms with van der Waals surface area (Å²) in [5, 5.41) is 6.73. The highest BCUT2D eigenvalue weighted by atomic mass is 32.2. The van der Waals surface area contributed by atoms with Gasteiger partial charge in [0.1, 0.15) is 30.3 Å². The zero-order valence-electron chi connectivity index (χ0n) is 15.5. The summed E-state index contributed by atoms with van der Waals surface area (Å²) in [5.41, 5.74) is 1.32. The van der Waals surface area contributed by atoms with Gasteiger partial charge in [-0.2, -0.15) is 8.42 Å². The van der Waals surface area contributed by atoms with E-state index in [-0.39, 0.29) is 19.1 Å². The van der Waals surface area contributed by atoms with Crippen molar-refractivity contribution in [3.05, 3.63) is 23.8 Å². The number of oxime groups is 1. The van der Waals surface area contributed by atoms with Crippen LogP contribution >= 0.6 is 0 Å². The number of carbonyl (C=O) groups is 1. The first-order valence-corrected chi connectivity index (χ1v) is 10.2. The zero-order chi connectivity index (χ0) is 19.8. The summed E-state index contributed by atoms with van der Waals surface area (Å²) in [6.07, 6.45) is -0.117. The van der Waals surface area contributed by atoms with Gasteiger partial charge in [0.25, 0.3) is 10.1 Å². The van der Waals surface area contributed by atoms with Gasteiger partial charge in [-0.25, -0.2) is 4.79 Å². The van der Waals surface area contributed by atoms with Crippen LogP contribution in [-0.4, -0.2) is 51.4 Å². The molecule has 0 radical (unpaired) electrons. The average Bonchev–Trinajstić information content (AvgIpc) is 2.93. The molecule has 0 saturated carbocycles. The summed E-state index contributed by atoms with van der Waals surface area (Å²) in [6.45, 7) is 5.48. The average molecular weight is 398 g/mol. The number of benzene rings is 1. The number of fused-ring (bicyclic) bond motifs is 3. The Bertz CT molecular complexity index is 874. The number of carbonyl (C=O) groups excluding carboxylic acids is 1. The van der Waals surface area contributed by atoms with Crippen LogP contribution in [0.3, 0.4) is 0 Å².